The van der Waals surface area contributed by atoms with Gasteiger partial charge in [-0.1, -0.05) is 0 Å². The highest BCUT2D eigenvalue weighted by Crippen LogP contribution is 1.95. The Morgan fingerprint density at radius 2 is 2.16 bits per heavy atom. The van der Waals surface area contributed by atoms with Crippen molar-refractivity contribution >= 4 is 17.5 Å². The molecule has 6 heteroatoms. The summed E-state index contributed by atoms with van der Waals surface area (Å²) >= 11 is 0. The fraction of sp³-hybridized carbons (Fsp3) is 0.385. The van der Waals surface area contributed by atoms with E-state index in [2.05, 4.69) is 20.8 Å². The zero-order valence-electron chi connectivity index (χ0n) is 11.3. The van der Waals surface area contributed by atoms with Gasteiger partial charge in [-0.3, -0.25) is 14.6 Å². The molecule has 19 heavy (non-hydrogen) atoms. The van der Waals surface area contributed by atoms with Crippen molar-refractivity contribution < 1.29 is 9.59 Å². The summed E-state index contributed by atoms with van der Waals surface area (Å²) in [6.07, 6.45) is 3.19. The third kappa shape index (κ3) is 5.76. The normalized spacial score (nSPS) is 11.3. The maximum atomic E-state index is 11.7. The van der Waals surface area contributed by atoms with Gasteiger partial charge < -0.3 is 5.32 Å². The van der Waals surface area contributed by atoms with Crippen LogP contribution in [0.4, 0.5) is 0 Å². The molecule has 6 nitrogen and oxygen atoms in total. The summed E-state index contributed by atoms with van der Waals surface area (Å²) in [4.78, 5) is 27.0. The van der Waals surface area contributed by atoms with Crippen LogP contribution in [0.1, 0.15) is 37.6 Å². The van der Waals surface area contributed by atoms with Crippen LogP contribution in [-0.2, 0) is 4.79 Å². The number of amides is 2. The van der Waals surface area contributed by atoms with Crippen LogP contribution in [0.3, 0.4) is 0 Å². The third-order valence-electron chi connectivity index (χ3n) is 2.14. The van der Waals surface area contributed by atoms with Gasteiger partial charge >= 0.3 is 0 Å². The Balaban J connectivity index is 2.48. The molecule has 0 aliphatic carbocycles. The molecule has 102 valence electrons. The first kappa shape index (κ1) is 14.8. The molecule has 0 fully saturated rings. The molecular formula is C13H18N4O2. The lowest BCUT2D eigenvalue weighted by Crippen LogP contribution is -2.31. The van der Waals surface area contributed by atoms with E-state index in [0.29, 0.717) is 11.3 Å². The molecule has 0 saturated carbocycles. The maximum absolute atomic E-state index is 11.7. The van der Waals surface area contributed by atoms with E-state index >= 15 is 0 Å². The van der Waals surface area contributed by atoms with Crippen molar-refractivity contribution in [3.8, 4) is 0 Å². The summed E-state index contributed by atoms with van der Waals surface area (Å²) in [5, 5.41) is 6.63. The monoisotopic (exact) mass is 262 g/mol. The molecule has 2 N–H and O–H groups in total. The highest BCUT2D eigenvalue weighted by Gasteiger charge is 2.07. The van der Waals surface area contributed by atoms with E-state index in [1.807, 2.05) is 13.8 Å². The zero-order valence-corrected chi connectivity index (χ0v) is 11.3. The minimum absolute atomic E-state index is 0.0882. The summed E-state index contributed by atoms with van der Waals surface area (Å²) in [7, 11) is 0. The molecule has 0 bridgehead atoms. The number of carbonyl (C=O) groups excluding carboxylic acids is 2. The first-order valence-electron chi connectivity index (χ1n) is 6.02. The summed E-state index contributed by atoms with van der Waals surface area (Å²) in [5.74, 6) is -0.469. The summed E-state index contributed by atoms with van der Waals surface area (Å²) in [5.41, 5.74) is 3.35. The van der Waals surface area contributed by atoms with Gasteiger partial charge in [0, 0.05) is 24.1 Å². The summed E-state index contributed by atoms with van der Waals surface area (Å²) < 4.78 is 0. The van der Waals surface area contributed by atoms with Crippen LogP contribution in [0.15, 0.2) is 29.6 Å². The Hall–Kier alpha value is -2.24. The predicted octanol–water partition coefficient (Wildman–Crippen LogP) is 1.10. The lowest BCUT2D eigenvalue weighted by Gasteiger charge is -2.07. The average Bonchev–Trinajstić information content (AvgIpc) is 2.36. The maximum Gasteiger partial charge on any atom is 0.272 e. The Bertz CT molecular complexity index is 469. The molecular weight excluding hydrogens is 244 g/mol. The van der Waals surface area contributed by atoms with Gasteiger partial charge in [-0.25, -0.2) is 5.43 Å². The van der Waals surface area contributed by atoms with Gasteiger partial charge in [0.05, 0.1) is 12.0 Å². The Morgan fingerprint density at radius 3 is 2.74 bits per heavy atom. The number of aromatic nitrogens is 1. The van der Waals surface area contributed by atoms with Crippen LogP contribution in [0.5, 0.6) is 0 Å². The minimum atomic E-state index is -0.350. The number of pyridine rings is 1. The van der Waals surface area contributed by atoms with Gasteiger partial charge in [-0.2, -0.15) is 5.10 Å². The number of hydrazone groups is 1. The second-order valence-electron chi connectivity index (χ2n) is 4.43. The number of nitrogens with one attached hydrogen (secondary N) is 2. The van der Waals surface area contributed by atoms with E-state index in [1.165, 1.54) is 6.20 Å². The van der Waals surface area contributed by atoms with Crippen molar-refractivity contribution in [3.05, 3.63) is 30.1 Å². The Morgan fingerprint density at radius 1 is 1.42 bits per heavy atom. The van der Waals surface area contributed by atoms with E-state index in [0.717, 1.165) is 0 Å². The molecule has 0 aliphatic rings. The standard InChI is InChI=1S/C13H18N4O2/c1-9(2)15-12(18)7-10(3)16-17-13(19)11-5-4-6-14-8-11/h4-6,8-9H,7H2,1-3H3,(H,15,18)(H,17,19)/b16-10+. The van der Waals surface area contributed by atoms with Gasteiger partial charge in [-0.05, 0) is 32.9 Å². The largest absolute Gasteiger partial charge is 0.354 e. The smallest absolute Gasteiger partial charge is 0.272 e. The van der Waals surface area contributed by atoms with Gasteiger partial charge in [0.25, 0.3) is 5.91 Å². The van der Waals surface area contributed by atoms with Crippen LogP contribution in [0.25, 0.3) is 0 Å². The van der Waals surface area contributed by atoms with Crippen molar-refractivity contribution in [2.75, 3.05) is 0 Å². The minimum Gasteiger partial charge on any atom is -0.354 e. The van der Waals surface area contributed by atoms with E-state index < -0.39 is 0 Å². The van der Waals surface area contributed by atoms with Crippen LogP contribution >= 0.6 is 0 Å². The van der Waals surface area contributed by atoms with Crippen molar-refractivity contribution in [1.29, 1.82) is 0 Å². The molecule has 1 rings (SSSR count). The fourth-order valence-electron chi connectivity index (χ4n) is 1.35. The number of hydrogen-bond donors (Lipinski definition) is 2. The van der Waals surface area contributed by atoms with Crippen molar-refractivity contribution in [3.63, 3.8) is 0 Å². The zero-order chi connectivity index (χ0) is 14.3. The summed E-state index contributed by atoms with van der Waals surface area (Å²) in [6, 6.07) is 3.39. The lowest BCUT2D eigenvalue weighted by molar-refractivity contribution is -0.120. The predicted molar refractivity (Wildman–Crippen MR) is 72.7 cm³/mol. The number of nitrogens with zero attached hydrogens (tertiary/aromatic N) is 2. The van der Waals surface area contributed by atoms with Crippen molar-refractivity contribution in [1.82, 2.24) is 15.7 Å². The second-order valence-corrected chi connectivity index (χ2v) is 4.43. The number of carbonyl (C=O) groups is 2. The Labute approximate surface area is 112 Å². The lowest BCUT2D eigenvalue weighted by atomic mass is 10.2. The molecule has 0 unspecified atom stereocenters. The number of hydrogen-bond acceptors (Lipinski definition) is 4. The van der Waals surface area contributed by atoms with E-state index in [1.54, 1.807) is 25.3 Å². The van der Waals surface area contributed by atoms with Gasteiger partial charge in [0.15, 0.2) is 0 Å². The molecule has 0 atom stereocenters. The van der Waals surface area contributed by atoms with Crippen LogP contribution in [-0.4, -0.2) is 28.6 Å². The van der Waals surface area contributed by atoms with E-state index in [4.69, 9.17) is 0 Å². The topological polar surface area (TPSA) is 83.5 Å². The van der Waals surface area contributed by atoms with Crippen LogP contribution in [0.2, 0.25) is 0 Å². The van der Waals surface area contributed by atoms with Crippen molar-refractivity contribution in [2.24, 2.45) is 5.10 Å². The first-order chi connectivity index (χ1) is 8.99. The molecule has 0 spiro atoms. The molecule has 0 radical (unpaired) electrons. The van der Waals surface area contributed by atoms with Crippen molar-refractivity contribution in [2.45, 2.75) is 33.2 Å². The highest BCUT2D eigenvalue weighted by atomic mass is 16.2. The average molecular weight is 262 g/mol. The van der Waals surface area contributed by atoms with E-state index in [9.17, 15) is 9.59 Å². The molecule has 0 saturated heterocycles. The third-order valence-corrected chi connectivity index (χ3v) is 2.14. The quantitative estimate of drug-likeness (QED) is 0.615. The van der Waals surface area contributed by atoms with Gasteiger partial charge in [0.1, 0.15) is 0 Å². The Kier molecular flexibility index (Phi) is 5.66. The molecule has 0 aliphatic heterocycles. The fourth-order valence-corrected chi connectivity index (χ4v) is 1.35. The SMILES string of the molecule is C/C(CC(=O)NC(C)C)=N\NC(=O)c1cccnc1. The molecule has 1 aromatic rings. The molecule has 0 aromatic carbocycles. The number of rotatable bonds is 5. The van der Waals surface area contributed by atoms with Crippen LogP contribution in [0, 0.1) is 0 Å². The highest BCUT2D eigenvalue weighted by molar-refractivity contribution is 6.01. The molecule has 1 heterocycles. The first-order valence-corrected chi connectivity index (χ1v) is 6.02. The molecule has 1 aromatic heterocycles. The van der Waals surface area contributed by atoms with Gasteiger partial charge in [-0.15, -0.1) is 0 Å². The second kappa shape index (κ2) is 7.25. The summed E-state index contributed by atoms with van der Waals surface area (Å²) in [6.45, 7) is 5.45. The van der Waals surface area contributed by atoms with Crippen LogP contribution < -0.4 is 10.7 Å². The van der Waals surface area contributed by atoms with E-state index in [-0.39, 0.29) is 24.3 Å². The van der Waals surface area contributed by atoms with Gasteiger partial charge in [0.2, 0.25) is 5.91 Å². The molecule has 2 amide bonds.